The minimum atomic E-state index is -4.17. The largest absolute Gasteiger partial charge is 0.386 e. The molecule has 2 heterocycles. The molecule has 34 heavy (non-hydrogen) atoms. The zero-order chi connectivity index (χ0) is 24.5. The lowest BCUT2D eigenvalue weighted by molar-refractivity contribution is 0.0853. The Morgan fingerprint density at radius 2 is 1.79 bits per heavy atom. The number of carbonyl (C=O) groups excluding carboxylic acids is 1. The molecule has 3 N–H and O–H groups in total. The molecular weight excluding hydrogens is 519 g/mol. The van der Waals surface area contributed by atoms with Crippen LogP contribution in [0.25, 0.3) is 10.1 Å². The van der Waals surface area contributed by atoms with Gasteiger partial charge in [-0.3, -0.25) is 9.52 Å². The summed E-state index contributed by atoms with van der Waals surface area (Å²) in [5.41, 5.74) is 0.566. The third kappa shape index (κ3) is 5.16. The number of nitrogens with zero attached hydrogens (tertiary/aromatic N) is 2. The number of hydrogen-bond acceptors (Lipinski definition) is 7. The monoisotopic (exact) mass is 536 g/mol. The van der Waals surface area contributed by atoms with E-state index in [1.807, 2.05) is 0 Å². The second-order valence-corrected chi connectivity index (χ2v) is 10.7. The Bertz CT molecular complexity index is 1460. The van der Waals surface area contributed by atoms with Crippen LogP contribution in [-0.2, 0) is 10.0 Å². The first-order valence-corrected chi connectivity index (χ1v) is 12.9. The quantitative estimate of drug-likeness (QED) is 0.316. The van der Waals surface area contributed by atoms with E-state index in [0.29, 0.717) is 20.7 Å². The predicted octanol–water partition coefficient (Wildman–Crippen LogP) is 4.65. The fourth-order valence-electron chi connectivity index (χ4n) is 3.29. The van der Waals surface area contributed by atoms with Crippen LogP contribution in [0.4, 0.5) is 5.69 Å². The van der Waals surface area contributed by atoms with Gasteiger partial charge in [0.05, 0.1) is 39.7 Å². The molecule has 0 spiro atoms. The summed E-state index contributed by atoms with van der Waals surface area (Å²) < 4.78 is 33.3. The smallest absolute Gasteiger partial charge is 0.280 e. The number of halogens is 2. The Labute approximate surface area is 209 Å². The summed E-state index contributed by atoms with van der Waals surface area (Å²) in [5, 5.41) is 14.2. The summed E-state index contributed by atoms with van der Waals surface area (Å²) in [4.78, 5) is 17.0. The Balaban J connectivity index is 1.60. The summed E-state index contributed by atoms with van der Waals surface area (Å²) in [6.07, 6.45) is 1.79. The number of aliphatic hydroxyl groups is 1. The van der Waals surface area contributed by atoms with Crippen LogP contribution in [0.3, 0.4) is 0 Å². The van der Waals surface area contributed by atoms with Crippen LogP contribution in [0.5, 0.6) is 0 Å². The van der Waals surface area contributed by atoms with Gasteiger partial charge < -0.3 is 10.4 Å². The predicted molar refractivity (Wildman–Crippen MR) is 133 cm³/mol. The molecule has 1 amide bonds. The number of nitrogens with one attached hydrogen (secondary N) is 2. The van der Waals surface area contributed by atoms with Crippen LogP contribution in [0.15, 0.2) is 66.0 Å². The van der Waals surface area contributed by atoms with Crippen molar-refractivity contribution in [3.05, 3.63) is 82.1 Å². The van der Waals surface area contributed by atoms with Crippen molar-refractivity contribution in [3.8, 4) is 0 Å². The molecule has 0 saturated carbocycles. The number of pyridine rings is 1. The highest BCUT2D eigenvalue weighted by Crippen LogP contribution is 2.28. The molecule has 0 fully saturated rings. The maximum Gasteiger partial charge on any atom is 0.280 e. The molecule has 0 aliphatic rings. The second-order valence-electron chi connectivity index (χ2n) is 7.41. The molecule has 176 valence electrons. The number of rotatable bonds is 7. The van der Waals surface area contributed by atoms with Crippen molar-refractivity contribution in [1.82, 2.24) is 14.7 Å². The van der Waals surface area contributed by atoms with Crippen LogP contribution in [-0.4, -0.2) is 34.8 Å². The summed E-state index contributed by atoms with van der Waals surface area (Å²) in [5.74, 6) is -0.599. The average molecular weight is 537 g/mol. The zero-order valence-corrected chi connectivity index (χ0v) is 20.7. The number of sulfonamides is 1. The van der Waals surface area contributed by atoms with Gasteiger partial charge in [-0.1, -0.05) is 35.3 Å². The Morgan fingerprint density at radius 3 is 2.53 bits per heavy atom. The van der Waals surface area contributed by atoms with Gasteiger partial charge in [0, 0.05) is 16.2 Å². The normalized spacial score (nSPS) is 13.4. The Morgan fingerprint density at radius 1 is 1.09 bits per heavy atom. The third-order valence-corrected chi connectivity index (χ3v) is 7.59. The summed E-state index contributed by atoms with van der Waals surface area (Å²) in [6.45, 7) is 1.63. The van der Waals surface area contributed by atoms with Crippen LogP contribution in [0.2, 0.25) is 10.0 Å². The second kappa shape index (κ2) is 9.85. The highest BCUT2D eigenvalue weighted by molar-refractivity contribution is 7.92. The maximum absolute atomic E-state index is 13.1. The molecule has 0 bridgehead atoms. The lowest BCUT2D eigenvalue weighted by Gasteiger charge is -2.21. The highest BCUT2D eigenvalue weighted by atomic mass is 35.5. The van der Waals surface area contributed by atoms with Crippen molar-refractivity contribution >= 4 is 66.4 Å². The van der Waals surface area contributed by atoms with Crippen LogP contribution < -0.4 is 10.0 Å². The molecule has 4 rings (SSSR count). The molecule has 4 aromatic rings. The van der Waals surface area contributed by atoms with E-state index in [1.165, 1.54) is 30.6 Å². The highest BCUT2D eigenvalue weighted by Gasteiger charge is 2.25. The van der Waals surface area contributed by atoms with Gasteiger partial charge >= 0.3 is 0 Å². The van der Waals surface area contributed by atoms with E-state index >= 15 is 0 Å². The molecule has 0 aliphatic heterocycles. The summed E-state index contributed by atoms with van der Waals surface area (Å²) in [7, 11) is -4.17. The van der Waals surface area contributed by atoms with E-state index in [-0.39, 0.29) is 21.3 Å². The molecule has 8 nitrogen and oxygen atoms in total. The van der Waals surface area contributed by atoms with Gasteiger partial charge in [0.1, 0.15) is 0 Å². The Kier molecular flexibility index (Phi) is 7.06. The van der Waals surface area contributed by atoms with Gasteiger partial charge in [-0.15, -0.1) is 0 Å². The number of benzene rings is 2. The molecule has 0 unspecified atom stereocenters. The Hall–Kier alpha value is -2.76. The van der Waals surface area contributed by atoms with Crippen LogP contribution in [0.1, 0.15) is 28.9 Å². The molecule has 2 aromatic heterocycles. The maximum atomic E-state index is 13.1. The number of carbonyl (C=O) groups is 1. The molecule has 0 saturated heterocycles. The number of aromatic nitrogens is 2. The molecule has 0 radical (unpaired) electrons. The number of hydrogen-bond donors (Lipinski definition) is 3. The average Bonchev–Trinajstić information content (AvgIpc) is 3.27. The van der Waals surface area contributed by atoms with E-state index in [2.05, 4.69) is 19.4 Å². The minimum absolute atomic E-state index is 0.0266. The van der Waals surface area contributed by atoms with Crippen molar-refractivity contribution in [2.45, 2.75) is 24.1 Å². The van der Waals surface area contributed by atoms with Crippen molar-refractivity contribution in [1.29, 1.82) is 0 Å². The molecule has 0 aliphatic carbocycles. The lowest BCUT2D eigenvalue weighted by Crippen LogP contribution is -2.37. The van der Waals surface area contributed by atoms with E-state index in [0.717, 1.165) is 11.5 Å². The van der Waals surface area contributed by atoms with Gasteiger partial charge in [-0.25, -0.2) is 4.98 Å². The molecule has 12 heteroatoms. The topological polar surface area (TPSA) is 121 Å². The van der Waals surface area contributed by atoms with Gasteiger partial charge in [-0.05, 0) is 60.4 Å². The number of aliphatic hydroxyl groups excluding tert-OH is 1. The van der Waals surface area contributed by atoms with Crippen molar-refractivity contribution < 1.29 is 18.3 Å². The first kappa shape index (κ1) is 24.4. The molecule has 2 atom stereocenters. The first-order chi connectivity index (χ1) is 16.2. The SMILES string of the molecule is C[C@@H](NC(=O)c1ccc(Cl)cc1NS(=O)(=O)c1nccc2sncc12)[C@@H](O)c1ccc(Cl)cc1. The van der Waals surface area contributed by atoms with E-state index < -0.39 is 28.1 Å². The van der Waals surface area contributed by atoms with Crippen LogP contribution >= 0.6 is 34.7 Å². The van der Waals surface area contributed by atoms with E-state index in [4.69, 9.17) is 23.2 Å². The fourth-order valence-corrected chi connectivity index (χ4v) is 5.50. The zero-order valence-electron chi connectivity index (χ0n) is 17.6. The standard InChI is InChI=1S/C22H18Cl2N4O4S2/c1-12(20(29)13-2-4-14(23)5-3-13)27-21(30)16-7-6-15(24)10-18(16)28-34(31,32)22-17-11-26-33-19(17)8-9-25-22/h2-12,20,28-29H,1H3,(H,27,30)/t12-,20-/m1/s1. The van der Waals surface area contributed by atoms with Crippen molar-refractivity contribution in [2.75, 3.05) is 4.72 Å². The van der Waals surface area contributed by atoms with Gasteiger partial charge in [0.15, 0.2) is 5.03 Å². The number of fused-ring (bicyclic) bond motifs is 1. The van der Waals surface area contributed by atoms with E-state index in [9.17, 15) is 18.3 Å². The molecular formula is C22H18Cl2N4O4S2. The van der Waals surface area contributed by atoms with Gasteiger partial charge in [0.2, 0.25) is 0 Å². The van der Waals surface area contributed by atoms with Gasteiger partial charge in [-0.2, -0.15) is 12.8 Å². The van der Waals surface area contributed by atoms with Crippen molar-refractivity contribution in [2.24, 2.45) is 0 Å². The first-order valence-electron chi connectivity index (χ1n) is 9.92. The van der Waals surface area contributed by atoms with Gasteiger partial charge in [0.25, 0.3) is 15.9 Å². The van der Waals surface area contributed by atoms with Crippen LogP contribution in [0, 0.1) is 0 Å². The minimum Gasteiger partial charge on any atom is -0.386 e. The van der Waals surface area contributed by atoms with Crippen molar-refractivity contribution in [3.63, 3.8) is 0 Å². The lowest BCUT2D eigenvalue weighted by atomic mass is 10.0. The number of anilines is 1. The summed E-state index contributed by atoms with van der Waals surface area (Å²) in [6, 6.07) is 11.8. The summed E-state index contributed by atoms with van der Waals surface area (Å²) >= 11 is 13.1. The fraction of sp³-hybridized carbons (Fsp3) is 0.136. The molecule has 2 aromatic carbocycles. The third-order valence-electron chi connectivity index (χ3n) is 5.02. The van der Waals surface area contributed by atoms with E-state index in [1.54, 1.807) is 37.3 Å². The number of amides is 1.